The minimum Gasteiger partial charge on any atom is -0.463 e. The molecule has 196 valence electrons. The molecule has 6 nitrogen and oxygen atoms in total. The van der Waals surface area contributed by atoms with E-state index in [0.29, 0.717) is 18.0 Å². The van der Waals surface area contributed by atoms with E-state index in [4.69, 9.17) is 4.74 Å². The van der Waals surface area contributed by atoms with Gasteiger partial charge < -0.3 is 14.5 Å². The van der Waals surface area contributed by atoms with Gasteiger partial charge >= 0.3 is 0 Å². The van der Waals surface area contributed by atoms with Crippen molar-refractivity contribution in [3.05, 3.63) is 54.8 Å². The number of carbonyl (C=O) groups excluding carboxylic acids is 1. The van der Waals surface area contributed by atoms with Gasteiger partial charge in [0, 0.05) is 43.9 Å². The number of rotatable bonds is 11. The Bertz CT molecular complexity index is 1170. The van der Waals surface area contributed by atoms with Crippen molar-refractivity contribution in [1.82, 2.24) is 0 Å². The van der Waals surface area contributed by atoms with Crippen LogP contribution in [0.5, 0.6) is 5.75 Å². The Balaban J connectivity index is 2.26. The number of unbranched alkanes of at least 4 members (excludes halogenated alkanes) is 2. The highest BCUT2D eigenvalue weighted by Gasteiger charge is 2.42. The van der Waals surface area contributed by atoms with Crippen molar-refractivity contribution in [2.75, 3.05) is 36.2 Å². The van der Waals surface area contributed by atoms with Crippen molar-refractivity contribution in [2.45, 2.75) is 64.2 Å². The molecular weight excluding hydrogens is 472 g/mol. The SMILES string of the molecule is CCCCC1(CCCC)CN(c2ccccc2)c2cc(N(C)C)c(O/C=C/C(C)=O)cc2S(=O)(=O)C1. The van der Waals surface area contributed by atoms with Gasteiger partial charge in [0.1, 0.15) is 0 Å². The number of ether oxygens (including phenoxy) is 1. The second-order valence-electron chi connectivity index (χ2n) is 10.1. The van der Waals surface area contributed by atoms with Gasteiger partial charge in [0.15, 0.2) is 21.4 Å². The largest absolute Gasteiger partial charge is 0.463 e. The minimum atomic E-state index is -3.63. The summed E-state index contributed by atoms with van der Waals surface area (Å²) in [4.78, 5) is 15.8. The summed E-state index contributed by atoms with van der Waals surface area (Å²) in [7, 11) is 0.168. The molecule has 0 amide bonds. The molecule has 0 unspecified atom stereocenters. The van der Waals surface area contributed by atoms with Crippen molar-refractivity contribution < 1.29 is 17.9 Å². The summed E-state index contributed by atoms with van der Waals surface area (Å²) in [5.74, 6) is 0.374. The molecule has 1 aliphatic rings. The molecular formula is C29H40N2O4S. The number of sulfone groups is 1. The third kappa shape index (κ3) is 6.49. The van der Waals surface area contributed by atoms with Crippen LogP contribution in [0.4, 0.5) is 17.1 Å². The minimum absolute atomic E-state index is 0.111. The average molecular weight is 513 g/mol. The van der Waals surface area contributed by atoms with E-state index in [-0.39, 0.29) is 21.8 Å². The molecule has 7 heteroatoms. The van der Waals surface area contributed by atoms with E-state index < -0.39 is 9.84 Å². The number of anilines is 3. The zero-order chi connectivity index (χ0) is 26.3. The maximum absolute atomic E-state index is 14.1. The van der Waals surface area contributed by atoms with E-state index in [9.17, 15) is 13.2 Å². The van der Waals surface area contributed by atoms with E-state index in [1.54, 1.807) is 6.07 Å². The number of para-hydroxylation sites is 1. The van der Waals surface area contributed by atoms with E-state index >= 15 is 0 Å². The molecule has 0 saturated carbocycles. The van der Waals surface area contributed by atoms with Crippen LogP contribution < -0.4 is 14.5 Å². The normalized spacial score (nSPS) is 16.4. The Labute approximate surface area is 216 Å². The Morgan fingerprint density at radius 3 is 2.28 bits per heavy atom. The van der Waals surface area contributed by atoms with E-state index in [0.717, 1.165) is 49.9 Å². The summed E-state index contributed by atoms with van der Waals surface area (Å²) < 4.78 is 33.9. The smallest absolute Gasteiger partial charge is 0.181 e. The molecule has 0 saturated heterocycles. The van der Waals surface area contributed by atoms with Crippen molar-refractivity contribution in [1.29, 1.82) is 0 Å². The van der Waals surface area contributed by atoms with Gasteiger partial charge in [-0.25, -0.2) is 8.42 Å². The molecule has 0 atom stereocenters. The molecule has 1 heterocycles. The number of hydrogen-bond acceptors (Lipinski definition) is 6. The molecule has 2 aromatic rings. The van der Waals surface area contributed by atoms with E-state index in [1.165, 1.54) is 19.3 Å². The summed E-state index contributed by atoms with van der Waals surface area (Å²) in [6.07, 6.45) is 8.42. The Hall–Kier alpha value is -2.80. The van der Waals surface area contributed by atoms with Crippen LogP contribution in [-0.2, 0) is 14.6 Å². The lowest BCUT2D eigenvalue weighted by molar-refractivity contribution is -0.112. The number of carbonyl (C=O) groups is 1. The number of hydrogen-bond donors (Lipinski definition) is 0. The van der Waals surface area contributed by atoms with Crippen LogP contribution in [0.25, 0.3) is 0 Å². The van der Waals surface area contributed by atoms with Crippen molar-refractivity contribution in [3.8, 4) is 5.75 Å². The second kappa shape index (κ2) is 12.0. The van der Waals surface area contributed by atoms with Crippen LogP contribution in [-0.4, -0.2) is 40.6 Å². The monoisotopic (exact) mass is 512 g/mol. The number of benzene rings is 2. The van der Waals surface area contributed by atoms with Crippen LogP contribution in [0.1, 0.15) is 59.3 Å². The molecule has 2 aromatic carbocycles. The van der Waals surface area contributed by atoms with Crippen LogP contribution in [0, 0.1) is 5.41 Å². The van der Waals surface area contributed by atoms with E-state index in [2.05, 4.69) is 18.7 Å². The van der Waals surface area contributed by atoms with Gasteiger partial charge in [0.2, 0.25) is 0 Å². The summed E-state index contributed by atoms with van der Waals surface area (Å²) in [6.45, 7) is 6.40. The fourth-order valence-electron chi connectivity index (χ4n) is 4.96. The maximum atomic E-state index is 14.1. The van der Waals surface area contributed by atoms with Gasteiger partial charge in [0.25, 0.3) is 0 Å². The maximum Gasteiger partial charge on any atom is 0.181 e. The molecule has 0 aromatic heterocycles. The zero-order valence-electron chi connectivity index (χ0n) is 22.3. The summed E-state index contributed by atoms with van der Waals surface area (Å²) in [5.41, 5.74) is 2.03. The van der Waals surface area contributed by atoms with Crippen LogP contribution >= 0.6 is 0 Å². The lowest BCUT2D eigenvalue weighted by atomic mass is 9.79. The fraction of sp³-hybridized carbons (Fsp3) is 0.483. The van der Waals surface area contributed by atoms with Crippen LogP contribution in [0.2, 0.25) is 0 Å². The summed E-state index contributed by atoms with van der Waals surface area (Å²) in [5, 5.41) is 0. The van der Waals surface area contributed by atoms with Crippen molar-refractivity contribution >= 4 is 32.7 Å². The van der Waals surface area contributed by atoms with Crippen molar-refractivity contribution in [3.63, 3.8) is 0 Å². The van der Waals surface area contributed by atoms with Crippen LogP contribution in [0.3, 0.4) is 0 Å². The summed E-state index contributed by atoms with van der Waals surface area (Å²) >= 11 is 0. The van der Waals surface area contributed by atoms with Gasteiger partial charge in [-0.3, -0.25) is 4.79 Å². The molecule has 0 spiro atoms. The lowest BCUT2D eigenvalue weighted by Crippen LogP contribution is -2.38. The highest BCUT2D eigenvalue weighted by Crippen LogP contribution is 2.48. The first kappa shape index (κ1) is 27.8. The first-order valence-electron chi connectivity index (χ1n) is 12.9. The topological polar surface area (TPSA) is 66.9 Å². The van der Waals surface area contributed by atoms with Gasteiger partial charge in [-0.2, -0.15) is 0 Å². The molecule has 0 bridgehead atoms. The van der Waals surface area contributed by atoms with Crippen molar-refractivity contribution in [2.24, 2.45) is 5.41 Å². The lowest BCUT2D eigenvalue weighted by Gasteiger charge is -2.37. The standard InChI is InChI=1S/C29H40N2O4S/c1-6-8-16-29(17-9-7-2)21-31(24-13-11-10-12-14-24)26-19-25(30(4)5)27(35-18-15-23(3)32)20-28(26)36(33,34)22-29/h10-15,18-20H,6-9,16-17,21-22H2,1-5H3/b18-15+. The fourth-order valence-corrected chi connectivity index (χ4v) is 7.08. The summed E-state index contributed by atoms with van der Waals surface area (Å²) in [6, 6.07) is 13.6. The molecule has 36 heavy (non-hydrogen) atoms. The van der Waals surface area contributed by atoms with Gasteiger partial charge in [0.05, 0.1) is 28.3 Å². The molecule has 0 N–H and O–H groups in total. The van der Waals surface area contributed by atoms with E-state index in [1.807, 2.05) is 55.4 Å². The second-order valence-corrected chi connectivity index (χ2v) is 12.1. The number of nitrogens with zero attached hydrogens (tertiary/aromatic N) is 2. The quantitative estimate of drug-likeness (QED) is 0.252. The predicted octanol–water partition coefficient (Wildman–Crippen LogP) is 6.53. The molecule has 0 fully saturated rings. The zero-order valence-corrected chi connectivity index (χ0v) is 23.1. The molecule has 1 aliphatic heterocycles. The highest BCUT2D eigenvalue weighted by molar-refractivity contribution is 7.91. The molecule has 0 aliphatic carbocycles. The number of fused-ring (bicyclic) bond motifs is 1. The molecule has 3 rings (SSSR count). The third-order valence-corrected chi connectivity index (χ3v) is 8.81. The van der Waals surface area contributed by atoms with Gasteiger partial charge in [-0.05, 0) is 38.0 Å². The Kier molecular flexibility index (Phi) is 9.23. The van der Waals surface area contributed by atoms with Crippen LogP contribution in [0.15, 0.2) is 59.7 Å². The molecule has 0 radical (unpaired) electrons. The first-order chi connectivity index (χ1) is 17.1. The number of ketones is 1. The van der Waals surface area contributed by atoms with Gasteiger partial charge in [-0.1, -0.05) is 57.7 Å². The third-order valence-electron chi connectivity index (χ3n) is 6.82. The average Bonchev–Trinajstić information content (AvgIpc) is 2.93. The Morgan fingerprint density at radius 2 is 1.72 bits per heavy atom. The number of allylic oxidation sites excluding steroid dienone is 1. The highest BCUT2D eigenvalue weighted by atomic mass is 32.2. The van der Waals surface area contributed by atoms with Gasteiger partial charge in [-0.15, -0.1) is 0 Å². The predicted molar refractivity (Wildman–Crippen MR) is 148 cm³/mol. The first-order valence-corrected chi connectivity index (χ1v) is 14.5. The Morgan fingerprint density at radius 1 is 1.08 bits per heavy atom.